The molecule has 0 aromatic heterocycles. The third-order valence-electron chi connectivity index (χ3n) is 6.95. The summed E-state index contributed by atoms with van der Waals surface area (Å²) in [6.45, 7) is 1.69. The Labute approximate surface area is 205 Å². The number of carboxylic acid groups (broad SMARTS) is 1. The Bertz CT molecular complexity index is 1170. The van der Waals surface area contributed by atoms with Gasteiger partial charge in [0.2, 0.25) is 0 Å². The SMILES string of the molecule is COc1cc(C(=O)O)ccc1NSN1Cc2ccc(-c3ccc(C4CCCCC4)cc3)cc2C1. The van der Waals surface area contributed by atoms with E-state index in [4.69, 9.17) is 4.74 Å². The molecule has 2 N–H and O–H groups in total. The maximum absolute atomic E-state index is 11.2. The Hall–Kier alpha value is -2.96. The summed E-state index contributed by atoms with van der Waals surface area (Å²) in [6.07, 6.45) is 6.77. The van der Waals surface area contributed by atoms with E-state index in [9.17, 15) is 9.90 Å². The predicted octanol–water partition coefficient (Wildman–Crippen LogP) is 7.10. The topological polar surface area (TPSA) is 61.8 Å². The van der Waals surface area contributed by atoms with Crippen molar-refractivity contribution in [1.82, 2.24) is 4.31 Å². The van der Waals surface area contributed by atoms with Gasteiger partial charge in [0.05, 0.1) is 18.4 Å². The summed E-state index contributed by atoms with van der Waals surface area (Å²) in [7, 11) is 1.55. The van der Waals surface area contributed by atoms with Crippen LogP contribution in [0.4, 0.5) is 5.69 Å². The monoisotopic (exact) mass is 474 g/mol. The zero-order chi connectivity index (χ0) is 23.5. The molecule has 3 aromatic rings. The van der Waals surface area contributed by atoms with Gasteiger partial charge in [0.25, 0.3) is 0 Å². The number of aromatic carboxylic acids is 1. The number of hydrogen-bond acceptors (Lipinski definition) is 5. The molecule has 176 valence electrons. The van der Waals surface area contributed by atoms with Crippen LogP contribution in [-0.4, -0.2) is 22.5 Å². The first-order chi connectivity index (χ1) is 16.6. The number of anilines is 1. The molecule has 1 saturated carbocycles. The Kier molecular flexibility index (Phi) is 6.79. The number of rotatable bonds is 7. The fourth-order valence-electron chi connectivity index (χ4n) is 5.01. The quantitative estimate of drug-likeness (QED) is 0.356. The summed E-state index contributed by atoms with van der Waals surface area (Å²) in [5.74, 6) is 0.287. The molecule has 1 heterocycles. The second-order valence-electron chi connectivity index (χ2n) is 9.15. The van der Waals surface area contributed by atoms with Gasteiger partial charge in [-0.25, -0.2) is 9.10 Å². The lowest BCUT2D eigenvalue weighted by molar-refractivity contribution is 0.0696. The standard InChI is InChI=1S/C28H30N2O3S/c1-33-27-16-23(28(31)32)13-14-26(27)29-34-30-17-24-12-11-22(15-25(24)18-30)21-9-7-20(8-10-21)19-5-3-2-4-6-19/h7-16,19,29H,2-6,17-18H2,1H3,(H,31,32). The zero-order valence-electron chi connectivity index (χ0n) is 19.4. The van der Waals surface area contributed by atoms with Crippen molar-refractivity contribution in [2.75, 3.05) is 11.8 Å². The fraction of sp³-hybridized carbons (Fsp3) is 0.321. The maximum atomic E-state index is 11.2. The lowest BCUT2D eigenvalue weighted by Gasteiger charge is -2.22. The number of methoxy groups -OCH3 is 1. The number of nitrogens with zero attached hydrogens (tertiary/aromatic N) is 1. The van der Waals surface area contributed by atoms with Crippen LogP contribution in [0.25, 0.3) is 11.1 Å². The van der Waals surface area contributed by atoms with Crippen molar-refractivity contribution in [3.05, 3.63) is 82.9 Å². The molecular weight excluding hydrogens is 444 g/mol. The smallest absolute Gasteiger partial charge is 0.335 e. The summed E-state index contributed by atoms with van der Waals surface area (Å²) in [4.78, 5) is 11.2. The van der Waals surface area contributed by atoms with Crippen molar-refractivity contribution in [2.24, 2.45) is 0 Å². The second-order valence-corrected chi connectivity index (χ2v) is 10.1. The Morgan fingerprint density at radius 2 is 1.68 bits per heavy atom. The van der Waals surface area contributed by atoms with Gasteiger partial charge < -0.3 is 14.6 Å². The number of carboxylic acids is 1. The summed E-state index contributed by atoms with van der Waals surface area (Å²) in [6, 6.07) is 20.9. The van der Waals surface area contributed by atoms with Crippen LogP contribution in [0.15, 0.2) is 60.7 Å². The molecule has 3 aromatic carbocycles. The normalized spacial score (nSPS) is 16.3. The van der Waals surface area contributed by atoms with Crippen LogP contribution in [0, 0.1) is 0 Å². The van der Waals surface area contributed by atoms with E-state index in [0.29, 0.717) is 5.75 Å². The van der Waals surface area contributed by atoms with Crippen molar-refractivity contribution < 1.29 is 14.6 Å². The second kappa shape index (κ2) is 10.1. The van der Waals surface area contributed by atoms with E-state index in [0.717, 1.165) is 24.7 Å². The highest BCUT2D eigenvalue weighted by Gasteiger charge is 2.21. The Morgan fingerprint density at radius 1 is 0.941 bits per heavy atom. The number of fused-ring (bicyclic) bond motifs is 1. The van der Waals surface area contributed by atoms with Gasteiger partial charge in [-0.3, -0.25) is 0 Å². The molecule has 0 unspecified atom stereocenters. The van der Waals surface area contributed by atoms with Gasteiger partial charge in [0, 0.05) is 25.2 Å². The molecule has 0 spiro atoms. The molecule has 1 fully saturated rings. The van der Waals surface area contributed by atoms with Crippen molar-refractivity contribution in [2.45, 2.75) is 51.1 Å². The van der Waals surface area contributed by atoms with E-state index >= 15 is 0 Å². The number of carbonyl (C=O) groups is 1. The molecule has 5 nitrogen and oxygen atoms in total. The minimum absolute atomic E-state index is 0.209. The van der Waals surface area contributed by atoms with Gasteiger partial charge in [-0.2, -0.15) is 0 Å². The van der Waals surface area contributed by atoms with Crippen LogP contribution in [0.2, 0.25) is 0 Å². The summed E-state index contributed by atoms with van der Waals surface area (Å²) < 4.78 is 10.9. The third kappa shape index (κ3) is 4.93. The minimum Gasteiger partial charge on any atom is -0.495 e. The molecule has 0 atom stereocenters. The average molecular weight is 475 g/mol. The number of ether oxygens (including phenoxy) is 1. The first kappa shape index (κ1) is 22.8. The van der Waals surface area contributed by atoms with Gasteiger partial charge in [-0.1, -0.05) is 55.7 Å². The van der Waals surface area contributed by atoms with Crippen LogP contribution in [0.3, 0.4) is 0 Å². The van der Waals surface area contributed by atoms with Crippen LogP contribution in [0.1, 0.15) is 65.1 Å². The van der Waals surface area contributed by atoms with Gasteiger partial charge >= 0.3 is 5.97 Å². The molecular formula is C28H30N2O3S. The van der Waals surface area contributed by atoms with E-state index in [2.05, 4.69) is 51.5 Å². The molecule has 0 radical (unpaired) electrons. The number of benzene rings is 3. The van der Waals surface area contributed by atoms with Gasteiger partial charge in [-0.05, 0) is 70.8 Å². The summed E-state index contributed by atoms with van der Waals surface area (Å²) in [5.41, 5.74) is 7.67. The van der Waals surface area contributed by atoms with Gasteiger partial charge in [0.15, 0.2) is 0 Å². The van der Waals surface area contributed by atoms with Crippen molar-refractivity contribution in [3.8, 4) is 16.9 Å². The Balaban J connectivity index is 1.23. The maximum Gasteiger partial charge on any atom is 0.335 e. The van der Waals surface area contributed by atoms with Crippen LogP contribution in [-0.2, 0) is 13.1 Å². The summed E-state index contributed by atoms with van der Waals surface area (Å²) in [5, 5.41) is 9.19. The van der Waals surface area contributed by atoms with Crippen LogP contribution in [0.5, 0.6) is 5.75 Å². The lowest BCUT2D eigenvalue weighted by Crippen LogP contribution is -2.10. The van der Waals surface area contributed by atoms with Crippen LogP contribution < -0.4 is 9.46 Å². The van der Waals surface area contributed by atoms with E-state index in [1.165, 1.54) is 78.1 Å². The molecule has 0 bridgehead atoms. The highest BCUT2D eigenvalue weighted by molar-refractivity contribution is 7.98. The molecule has 0 amide bonds. The van der Waals surface area contributed by atoms with Crippen LogP contribution >= 0.6 is 12.1 Å². The molecule has 1 aliphatic heterocycles. The average Bonchev–Trinajstić information content (AvgIpc) is 3.30. The highest BCUT2D eigenvalue weighted by atomic mass is 32.2. The van der Waals surface area contributed by atoms with E-state index in [1.54, 1.807) is 19.2 Å². The number of hydrogen-bond donors (Lipinski definition) is 2. The van der Waals surface area contributed by atoms with Gasteiger partial charge in [-0.15, -0.1) is 0 Å². The zero-order valence-corrected chi connectivity index (χ0v) is 20.2. The molecule has 6 heteroatoms. The largest absolute Gasteiger partial charge is 0.495 e. The van der Waals surface area contributed by atoms with Crippen molar-refractivity contribution >= 4 is 23.8 Å². The van der Waals surface area contributed by atoms with E-state index < -0.39 is 5.97 Å². The first-order valence-corrected chi connectivity index (χ1v) is 12.7. The van der Waals surface area contributed by atoms with E-state index in [1.807, 2.05) is 0 Å². The molecule has 34 heavy (non-hydrogen) atoms. The molecule has 1 aliphatic carbocycles. The molecule has 5 rings (SSSR count). The number of nitrogens with one attached hydrogen (secondary N) is 1. The summed E-state index contributed by atoms with van der Waals surface area (Å²) >= 11 is 1.51. The first-order valence-electron chi connectivity index (χ1n) is 11.9. The third-order valence-corrected chi connectivity index (χ3v) is 7.78. The fourth-order valence-corrected chi connectivity index (χ4v) is 5.82. The van der Waals surface area contributed by atoms with Crippen molar-refractivity contribution in [3.63, 3.8) is 0 Å². The van der Waals surface area contributed by atoms with Crippen molar-refractivity contribution in [1.29, 1.82) is 0 Å². The predicted molar refractivity (Wildman–Crippen MR) is 138 cm³/mol. The highest BCUT2D eigenvalue weighted by Crippen LogP contribution is 2.36. The van der Waals surface area contributed by atoms with E-state index in [-0.39, 0.29) is 5.56 Å². The Morgan fingerprint density at radius 3 is 2.41 bits per heavy atom. The minimum atomic E-state index is -0.966. The van der Waals surface area contributed by atoms with Gasteiger partial charge in [0.1, 0.15) is 5.75 Å². The molecule has 0 saturated heterocycles. The molecule has 2 aliphatic rings. The lowest BCUT2D eigenvalue weighted by atomic mass is 9.83.